The fourth-order valence-corrected chi connectivity index (χ4v) is 4.36. The summed E-state index contributed by atoms with van der Waals surface area (Å²) in [6, 6.07) is 14.0. The van der Waals surface area contributed by atoms with Gasteiger partial charge in [0.1, 0.15) is 5.82 Å². The van der Waals surface area contributed by atoms with E-state index in [1.807, 2.05) is 6.07 Å². The summed E-state index contributed by atoms with van der Waals surface area (Å²) in [6.45, 7) is 0.555. The van der Waals surface area contributed by atoms with E-state index in [2.05, 4.69) is 20.6 Å². The zero-order valence-corrected chi connectivity index (χ0v) is 18.0. The number of nitrogens with zero attached hydrogens (tertiary/aromatic N) is 2. The molecule has 0 saturated carbocycles. The Labute approximate surface area is 188 Å². The lowest BCUT2D eigenvalue weighted by Crippen LogP contribution is -2.31. The minimum Gasteiger partial charge on any atom is -0.352 e. The van der Waals surface area contributed by atoms with Crippen LogP contribution in [0.2, 0.25) is 0 Å². The van der Waals surface area contributed by atoms with Crippen molar-refractivity contribution in [2.24, 2.45) is 5.14 Å². The smallest absolute Gasteiger partial charge is 0.251 e. The van der Waals surface area contributed by atoms with E-state index in [4.69, 9.17) is 5.14 Å². The summed E-state index contributed by atoms with van der Waals surface area (Å²) < 4.78 is 37.2. The van der Waals surface area contributed by atoms with Crippen LogP contribution in [0.4, 0.5) is 16.0 Å². The van der Waals surface area contributed by atoms with Crippen LogP contribution in [0, 0.1) is 5.82 Å². The van der Waals surface area contributed by atoms with Crippen molar-refractivity contribution in [2.45, 2.75) is 11.3 Å². The van der Waals surface area contributed by atoms with Gasteiger partial charge in [0, 0.05) is 34.9 Å². The predicted octanol–water partition coefficient (Wildman–Crippen LogP) is 3.11. The average Bonchev–Trinajstić information content (AvgIpc) is 2.78. The molecule has 4 N–H and O–H groups in total. The molecular formula is C23H18FN5O3S. The molecule has 3 aromatic carbocycles. The number of carbonyl (C=O) groups is 1. The van der Waals surface area contributed by atoms with Crippen molar-refractivity contribution in [1.82, 2.24) is 15.3 Å². The summed E-state index contributed by atoms with van der Waals surface area (Å²) in [5, 5.41) is 11.5. The number of halogens is 1. The van der Waals surface area contributed by atoms with Crippen molar-refractivity contribution in [3.05, 3.63) is 77.7 Å². The molecule has 10 heteroatoms. The van der Waals surface area contributed by atoms with Crippen LogP contribution < -0.4 is 15.8 Å². The molecule has 33 heavy (non-hydrogen) atoms. The molecule has 1 aliphatic heterocycles. The Balaban J connectivity index is 1.55. The molecule has 0 aliphatic carbocycles. The van der Waals surface area contributed by atoms with Gasteiger partial charge in [-0.2, -0.15) is 0 Å². The van der Waals surface area contributed by atoms with Gasteiger partial charge in [0.05, 0.1) is 10.4 Å². The Hall–Kier alpha value is -3.89. The maximum atomic E-state index is 14.4. The first-order valence-electron chi connectivity index (χ1n) is 10.1. The Morgan fingerprint density at radius 3 is 2.58 bits per heavy atom. The van der Waals surface area contributed by atoms with Crippen LogP contribution in [0.1, 0.15) is 15.9 Å². The molecule has 4 aromatic rings. The van der Waals surface area contributed by atoms with E-state index in [-0.39, 0.29) is 16.8 Å². The minimum atomic E-state index is -3.79. The van der Waals surface area contributed by atoms with Crippen molar-refractivity contribution in [3.8, 4) is 11.1 Å². The number of aromatic nitrogens is 2. The number of anilines is 2. The molecular weight excluding hydrogens is 445 g/mol. The second kappa shape index (κ2) is 7.91. The molecule has 1 aromatic heterocycles. The van der Waals surface area contributed by atoms with Crippen molar-refractivity contribution in [3.63, 3.8) is 0 Å². The molecule has 0 bridgehead atoms. The van der Waals surface area contributed by atoms with Crippen molar-refractivity contribution in [2.75, 3.05) is 11.9 Å². The van der Waals surface area contributed by atoms with Gasteiger partial charge in [-0.15, -0.1) is 0 Å². The monoisotopic (exact) mass is 463 g/mol. The topological polar surface area (TPSA) is 127 Å². The van der Waals surface area contributed by atoms with Gasteiger partial charge in [0.2, 0.25) is 16.0 Å². The number of fused-ring (bicyclic) bond motifs is 2. The summed E-state index contributed by atoms with van der Waals surface area (Å²) in [7, 11) is -3.79. The van der Waals surface area contributed by atoms with Crippen molar-refractivity contribution >= 4 is 38.5 Å². The molecule has 8 nitrogen and oxygen atoms in total. The van der Waals surface area contributed by atoms with Crippen LogP contribution in [0.5, 0.6) is 0 Å². The van der Waals surface area contributed by atoms with Crippen LogP contribution in [-0.2, 0) is 16.4 Å². The molecule has 1 aliphatic rings. The van der Waals surface area contributed by atoms with E-state index in [0.29, 0.717) is 40.7 Å². The maximum Gasteiger partial charge on any atom is 0.251 e. The summed E-state index contributed by atoms with van der Waals surface area (Å²) in [6.07, 6.45) is 2.21. The third kappa shape index (κ3) is 4.13. The van der Waals surface area contributed by atoms with Crippen LogP contribution >= 0.6 is 0 Å². The van der Waals surface area contributed by atoms with E-state index >= 15 is 0 Å². The number of benzene rings is 3. The molecule has 0 unspecified atom stereocenters. The number of sulfonamides is 1. The van der Waals surface area contributed by atoms with Gasteiger partial charge < -0.3 is 10.6 Å². The zero-order valence-electron chi connectivity index (χ0n) is 17.2. The second-order valence-corrected chi connectivity index (χ2v) is 9.22. The van der Waals surface area contributed by atoms with Gasteiger partial charge in [-0.25, -0.2) is 27.9 Å². The highest BCUT2D eigenvalue weighted by Crippen LogP contribution is 2.31. The van der Waals surface area contributed by atoms with Gasteiger partial charge >= 0.3 is 0 Å². The molecule has 0 atom stereocenters. The van der Waals surface area contributed by atoms with E-state index in [0.717, 1.165) is 11.1 Å². The number of nitrogens with one attached hydrogen (secondary N) is 2. The van der Waals surface area contributed by atoms with Gasteiger partial charge in [0.15, 0.2) is 0 Å². The van der Waals surface area contributed by atoms with Crippen molar-refractivity contribution in [1.29, 1.82) is 0 Å². The number of nitrogens with two attached hydrogens (primary N) is 1. The van der Waals surface area contributed by atoms with Crippen LogP contribution in [0.3, 0.4) is 0 Å². The highest BCUT2D eigenvalue weighted by atomic mass is 32.2. The number of rotatable bonds is 4. The van der Waals surface area contributed by atoms with Crippen LogP contribution in [0.15, 0.2) is 65.7 Å². The first-order valence-corrected chi connectivity index (χ1v) is 11.6. The Morgan fingerprint density at radius 1 is 1.03 bits per heavy atom. The van der Waals surface area contributed by atoms with Crippen LogP contribution in [0.25, 0.3) is 22.0 Å². The largest absolute Gasteiger partial charge is 0.352 e. The first kappa shape index (κ1) is 21.0. The number of hydrogen-bond donors (Lipinski definition) is 3. The molecule has 1 amide bonds. The van der Waals surface area contributed by atoms with Gasteiger partial charge in [-0.05, 0) is 60.0 Å². The normalized spacial score (nSPS) is 13.5. The van der Waals surface area contributed by atoms with E-state index in [1.165, 1.54) is 30.5 Å². The minimum absolute atomic E-state index is 0.00803. The molecule has 0 saturated heterocycles. The number of hydrogen-bond acceptors (Lipinski definition) is 6. The zero-order chi connectivity index (χ0) is 23.2. The highest BCUT2D eigenvalue weighted by Gasteiger charge is 2.18. The third-order valence-corrected chi connectivity index (χ3v) is 6.36. The molecule has 0 radical (unpaired) electrons. The van der Waals surface area contributed by atoms with Gasteiger partial charge in [-0.3, -0.25) is 4.79 Å². The second-order valence-electron chi connectivity index (χ2n) is 7.66. The summed E-state index contributed by atoms with van der Waals surface area (Å²) in [5.41, 5.74) is 3.94. The van der Waals surface area contributed by atoms with Crippen LogP contribution in [-0.4, -0.2) is 30.8 Å². The Morgan fingerprint density at radius 2 is 1.82 bits per heavy atom. The molecule has 5 rings (SSSR count). The maximum absolute atomic E-state index is 14.4. The summed E-state index contributed by atoms with van der Waals surface area (Å²) in [5.74, 6) is -0.277. The Kier molecular flexibility index (Phi) is 5.03. The van der Waals surface area contributed by atoms with E-state index < -0.39 is 15.8 Å². The molecule has 0 fully saturated rings. The quantitative estimate of drug-likeness (QED) is 0.427. The highest BCUT2D eigenvalue weighted by molar-refractivity contribution is 7.89. The number of primary sulfonamides is 1. The summed E-state index contributed by atoms with van der Waals surface area (Å²) >= 11 is 0. The SMILES string of the molecule is NS(=O)(=O)c1ccc(Nc2ncc3cc(F)cc(-c4ccc5c(c4)CCNC5=O)c3n2)cc1. The third-order valence-electron chi connectivity index (χ3n) is 5.43. The lowest BCUT2D eigenvalue weighted by molar-refractivity contribution is 0.0946. The number of carbonyl (C=O) groups excluding carboxylic acids is 1. The Bertz CT molecular complexity index is 1520. The standard InChI is InChI=1S/C23H18FN5O3S/c24-16-10-15-12-27-23(28-17-2-4-18(5-3-17)33(25,31)32)29-21(15)20(11-16)13-1-6-19-14(9-13)7-8-26-22(19)30/h1-6,9-12H,7-8H2,(H,26,30)(H2,25,31,32)(H,27,28,29). The molecule has 0 spiro atoms. The molecule has 166 valence electrons. The van der Waals surface area contributed by atoms with Crippen molar-refractivity contribution < 1.29 is 17.6 Å². The summed E-state index contributed by atoms with van der Waals surface area (Å²) in [4.78, 5) is 20.9. The van der Waals surface area contributed by atoms with E-state index in [1.54, 1.807) is 24.3 Å². The fraction of sp³-hybridized carbons (Fsp3) is 0.0870. The predicted molar refractivity (Wildman–Crippen MR) is 122 cm³/mol. The number of amides is 1. The lowest BCUT2D eigenvalue weighted by Gasteiger charge is -2.17. The van der Waals surface area contributed by atoms with Gasteiger partial charge in [-0.1, -0.05) is 12.1 Å². The first-order chi connectivity index (χ1) is 15.8. The average molecular weight is 463 g/mol. The molecule has 2 heterocycles. The lowest BCUT2D eigenvalue weighted by atomic mass is 9.94. The fourth-order valence-electron chi connectivity index (χ4n) is 3.84. The van der Waals surface area contributed by atoms with E-state index in [9.17, 15) is 17.6 Å². The van der Waals surface area contributed by atoms with Gasteiger partial charge in [0.25, 0.3) is 5.91 Å².